The number of fused-ring (bicyclic) bond motifs is 2. The molecule has 1 spiro atoms. The number of anilines is 1. The van der Waals surface area contributed by atoms with Crippen LogP contribution < -0.4 is 4.90 Å². The summed E-state index contributed by atoms with van der Waals surface area (Å²) in [5.74, 6) is -0.762. The van der Waals surface area contributed by atoms with E-state index in [0.717, 1.165) is 49.3 Å². The van der Waals surface area contributed by atoms with Gasteiger partial charge in [-0.05, 0) is 85.6 Å². The molecule has 0 unspecified atom stereocenters. The van der Waals surface area contributed by atoms with E-state index in [2.05, 4.69) is 4.90 Å². The minimum Gasteiger partial charge on any atom is -0.307 e. The van der Waals surface area contributed by atoms with Gasteiger partial charge in [0.05, 0.1) is 10.6 Å². The lowest BCUT2D eigenvalue weighted by molar-refractivity contribution is 0.0975. The molecule has 0 aromatic heterocycles. The first-order valence-corrected chi connectivity index (χ1v) is 11.6. The Morgan fingerprint density at radius 3 is 2.30 bits per heavy atom. The summed E-state index contributed by atoms with van der Waals surface area (Å²) in [6.07, 6.45) is 1.59. The number of piperidine rings is 1. The van der Waals surface area contributed by atoms with Crippen molar-refractivity contribution in [3.8, 4) is 0 Å². The highest BCUT2D eigenvalue weighted by molar-refractivity contribution is 6.37. The molecule has 2 heterocycles. The molecular weight excluding hydrogens is 465 g/mol. The fourth-order valence-corrected chi connectivity index (χ4v) is 5.53. The average molecular weight is 487 g/mol. The van der Waals surface area contributed by atoms with E-state index < -0.39 is 0 Å². The molecule has 5 rings (SSSR count). The zero-order valence-electron chi connectivity index (χ0n) is 17.8. The highest BCUT2D eigenvalue weighted by Crippen LogP contribution is 2.48. The second-order valence-corrected chi connectivity index (χ2v) is 9.70. The fraction of sp³-hybridized carbons (Fsp3) is 0.269. The summed E-state index contributed by atoms with van der Waals surface area (Å²) < 4.78 is 27.5. The van der Waals surface area contributed by atoms with Gasteiger partial charge in [-0.2, -0.15) is 0 Å². The normalized spacial score (nSPS) is 17.4. The number of benzene rings is 3. The third-order valence-electron chi connectivity index (χ3n) is 6.82. The molecule has 3 aromatic carbocycles. The van der Waals surface area contributed by atoms with Gasteiger partial charge >= 0.3 is 0 Å². The zero-order chi connectivity index (χ0) is 23.2. The highest BCUT2D eigenvalue weighted by atomic mass is 35.5. The summed E-state index contributed by atoms with van der Waals surface area (Å²) in [6.45, 7) is 2.82. The predicted molar refractivity (Wildman–Crippen MR) is 127 cm³/mol. The van der Waals surface area contributed by atoms with Crippen LogP contribution in [-0.4, -0.2) is 30.4 Å². The van der Waals surface area contributed by atoms with E-state index in [9.17, 15) is 13.6 Å². The Bertz CT molecular complexity index is 1210. The fourth-order valence-electron chi connectivity index (χ4n) is 5.05. The molecule has 0 saturated carbocycles. The number of likely N-dealkylation sites (tertiary alicyclic amines) is 1. The van der Waals surface area contributed by atoms with Crippen LogP contribution in [0.1, 0.15) is 34.3 Å². The molecule has 3 nitrogen and oxygen atoms in total. The minimum atomic E-state index is -0.314. The average Bonchev–Trinajstić information content (AvgIpc) is 3.10. The molecular formula is C26H22Cl2F2N2O. The van der Waals surface area contributed by atoms with Crippen molar-refractivity contribution in [1.29, 1.82) is 0 Å². The standard InChI is InChI=1S/C26H22Cl2F2N2O/c27-18-3-7-21(23(28)13-18)25(33)32-16-26(22-14-20(30)6-8-24(22)32)9-11-31(12-10-26)15-17-1-4-19(29)5-2-17/h1-8,13-14H,9-12,15-16H2. The van der Waals surface area contributed by atoms with Crippen LogP contribution in [0.4, 0.5) is 14.5 Å². The van der Waals surface area contributed by atoms with Gasteiger partial charge in [0.1, 0.15) is 11.6 Å². The van der Waals surface area contributed by atoms with E-state index in [1.165, 1.54) is 18.2 Å². The highest BCUT2D eigenvalue weighted by Gasteiger charge is 2.46. The molecule has 0 radical (unpaired) electrons. The molecule has 170 valence electrons. The van der Waals surface area contributed by atoms with Crippen LogP contribution in [-0.2, 0) is 12.0 Å². The van der Waals surface area contributed by atoms with Crippen LogP contribution >= 0.6 is 23.2 Å². The van der Waals surface area contributed by atoms with E-state index in [1.807, 2.05) is 0 Å². The van der Waals surface area contributed by atoms with Crippen molar-refractivity contribution in [2.24, 2.45) is 0 Å². The van der Waals surface area contributed by atoms with E-state index in [1.54, 1.807) is 47.4 Å². The maximum Gasteiger partial charge on any atom is 0.259 e. The number of carbonyl (C=O) groups excluding carboxylic acids is 1. The molecule has 33 heavy (non-hydrogen) atoms. The predicted octanol–water partition coefficient (Wildman–Crippen LogP) is 6.47. The zero-order valence-corrected chi connectivity index (χ0v) is 19.3. The van der Waals surface area contributed by atoms with Crippen molar-refractivity contribution in [2.75, 3.05) is 24.5 Å². The van der Waals surface area contributed by atoms with E-state index in [-0.39, 0.29) is 23.0 Å². The topological polar surface area (TPSA) is 23.6 Å². The van der Waals surface area contributed by atoms with Crippen molar-refractivity contribution in [3.63, 3.8) is 0 Å². The van der Waals surface area contributed by atoms with Gasteiger partial charge in [0.25, 0.3) is 5.91 Å². The lowest BCUT2D eigenvalue weighted by atomic mass is 9.74. The molecule has 7 heteroatoms. The summed E-state index contributed by atoms with van der Waals surface area (Å²) in [4.78, 5) is 17.5. The lowest BCUT2D eigenvalue weighted by Gasteiger charge is -2.40. The molecule has 0 atom stereocenters. The first kappa shape index (κ1) is 22.3. The second kappa shape index (κ2) is 8.71. The Balaban J connectivity index is 1.39. The van der Waals surface area contributed by atoms with Crippen LogP contribution in [0.2, 0.25) is 10.0 Å². The molecule has 0 bridgehead atoms. The Labute approximate surface area is 201 Å². The lowest BCUT2D eigenvalue weighted by Crippen LogP contribution is -2.45. The van der Waals surface area contributed by atoms with Gasteiger partial charge in [-0.1, -0.05) is 35.3 Å². The summed E-state index contributed by atoms with van der Waals surface area (Å²) >= 11 is 12.3. The molecule has 3 aromatic rings. The number of halogens is 4. The van der Waals surface area contributed by atoms with Gasteiger partial charge in [-0.15, -0.1) is 0 Å². The summed E-state index contributed by atoms with van der Waals surface area (Å²) in [6, 6.07) is 16.0. The van der Waals surface area contributed by atoms with Gasteiger partial charge in [0.2, 0.25) is 0 Å². The number of rotatable bonds is 3. The van der Waals surface area contributed by atoms with Crippen molar-refractivity contribution in [2.45, 2.75) is 24.8 Å². The maximum absolute atomic E-state index is 14.3. The summed E-state index contributed by atoms with van der Waals surface area (Å²) in [7, 11) is 0. The first-order valence-electron chi connectivity index (χ1n) is 10.9. The largest absolute Gasteiger partial charge is 0.307 e. The Morgan fingerprint density at radius 1 is 0.909 bits per heavy atom. The van der Waals surface area contributed by atoms with E-state index in [0.29, 0.717) is 22.2 Å². The van der Waals surface area contributed by atoms with Crippen molar-refractivity contribution < 1.29 is 13.6 Å². The van der Waals surface area contributed by atoms with Crippen LogP contribution in [0.25, 0.3) is 0 Å². The molecule has 2 aliphatic rings. The van der Waals surface area contributed by atoms with Crippen molar-refractivity contribution >= 4 is 34.8 Å². The molecule has 0 N–H and O–H groups in total. The number of carbonyl (C=O) groups is 1. The number of hydrogen-bond donors (Lipinski definition) is 0. The number of nitrogens with zero attached hydrogens (tertiary/aromatic N) is 2. The second-order valence-electron chi connectivity index (χ2n) is 8.86. The van der Waals surface area contributed by atoms with E-state index in [4.69, 9.17) is 23.2 Å². The van der Waals surface area contributed by atoms with Gasteiger partial charge in [0.15, 0.2) is 0 Å². The molecule has 1 saturated heterocycles. The van der Waals surface area contributed by atoms with Crippen LogP contribution in [0.15, 0.2) is 60.7 Å². The number of hydrogen-bond acceptors (Lipinski definition) is 2. The Kier molecular flexibility index (Phi) is 5.89. The van der Waals surface area contributed by atoms with Crippen molar-refractivity contribution in [3.05, 3.63) is 99.0 Å². The maximum atomic E-state index is 14.3. The van der Waals surface area contributed by atoms with Gasteiger partial charge < -0.3 is 4.90 Å². The molecule has 2 aliphatic heterocycles. The van der Waals surface area contributed by atoms with Gasteiger partial charge in [-0.3, -0.25) is 9.69 Å². The minimum absolute atomic E-state index is 0.213. The van der Waals surface area contributed by atoms with Gasteiger partial charge in [0, 0.05) is 29.2 Å². The summed E-state index contributed by atoms with van der Waals surface area (Å²) in [5, 5.41) is 0.761. The van der Waals surface area contributed by atoms with Crippen LogP contribution in [0, 0.1) is 11.6 Å². The third-order valence-corrected chi connectivity index (χ3v) is 7.37. The first-order chi connectivity index (χ1) is 15.8. The SMILES string of the molecule is O=C(c1ccc(Cl)cc1Cl)N1CC2(CCN(Cc3ccc(F)cc3)CC2)c2cc(F)ccc21. The Hall–Kier alpha value is -2.47. The quantitative estimate of drug-likeness (QED) is 0.423. The Morgan fingerprint density at radius 2 is 1.61 bits per heavy atom. The van der Waals surface area contributed by atoms with Crippen LogP contribution in [0.3, 0.4) is 0 Å². The third kappa shape index (κ3) is 4.25. The van der Waals surface area contributed by atoms with Crippen molar-refractivity contribution in [1.82, 2.24) is 4.90 Å². The monoisotopic (exact) mass is 486 g/mol. The van der Waals surface area contributed by atoms with E-state index >= 15 is 0 Å². The smallest absolute Gasteiger partial charge is 0.259 e. The molecule has 1 amide bonds. The van der Waals surface area contributed by atoms with Gasteiger partial charge in [-0.25, -0.2) is 8.78 Å². The molecule has 1 fully saturated rings. The number of amides is 1. The van der Waals surface area contributed by atoms with Crippen LogP contribution in [0.5, 0.6) is 0 Å². The summed E-state index contributed by atoms with van der Waals surface area (Å²) in [5.41, 5.74) is 2.73. The molecule has 0 aliphatic carbocycles.